The monoisotopic (exact) mass is 278 g/mol. The van der Waals surface area contributed by atoms with Crippen molar-refractivity contribution in [3.05, 3.63) is 46.4 Å². The summed E-state index contributed by atoms with van der Waals surface area (Å²) in [5.41, 5.74) is 0.977. The molecule has 0 saturated heterocycles. The highest BCUT2D eigenvalue weighted by Gasteiger charge is 2.15. The number of nitrogens with one attached hydrogen (secondary N) is 1. The highest BCUT2D eigenvalue weighted by atomic mass is 19.2. The summed E-state index contributed by atoms with van der Waals surface area (Å²) in [7, 11) is 0. The Morgan fingerprint density at radius 3 is 2.35 bits per heavy atom. The standard InChI is InChI=1S/C13H9F3N4/c1-6-7(2)19-20-13(8(6)5-17)18-12-4-10(15)9(14)3-11(12)16/h3-4H,1-2H3,(H,18,20). The lowest BCUT2D eigenvalue weighted by Crippen LogP contribution is -2.05. The van der Waals surface area contributed by atoms with E-state index in [1.165, 1.54) is 0 Å². The molecule has 0 bridgehead atoms. The molecule has 1 N–H and O–H groups in total. The normalized spacial score (nSPS) is 10.2. The molecule has 0 saturated carbocycles. The minimum atomic E-state index is -1.29. The van der Waals surface area contributed by atoms with Crippen LogP contribution in [0.2, 0.25) is 0 Å². The molecule has 102 valence electrons. The maximum absolute atomic E-state index is 13.5. The summed E-state index contributed by atoms with van der Waals surface area (Å²) in [5.74, 6) is -3.50. The van der Waals surface area contributed by atoms with Gasteiger partial charge >= 0.3 is 0 Å². The van der Waals surface area contributed by atoms with E-state index in [1.807, 2.05) is 6.07 Å². The molecule has 0 aliphatic carbocycles. The molecule has 20 heavy (non-hydrogen) atoms. The summed E-state index contributed by atoms with van der Waals surface area (Å²) >= 11 is 0. The molecule has 0 aliphatic heterocycles. The first kappa shape index (κ1) is 13.8. The Morgan fingerprint density at radius 2 is 1.70 bits per heavy atom. The van der Waals surface area contributed by atoms with Crippen molar-refractivity contribution in [1.29, 1.82) is 5.26 Å². The number of aryl methyl sites for hydroxylation is 1. The molecule has 0 aliphatic rings. The minimum Gasteiger partial charge on any atom is -0.335 e. The second-order valence-corrected chi connectivity index (χ2v) is 4.12. The van der Waals surface area contributed by atoms with E-state index in [2.05, 4.69) is 15.5 Å². The summed E-state index contributed by atoms with van der Waals surface area (Å²) < 4.78 is 39.5. The molecular formula is C13H9F3N4. The third-order valence-corrected chi connectivity index (χ3v) is 2.83. The molecule has 1 heterocycles. The van der Waals surface area contributed by atoms with Gasteiger partial charge in [0.2, 0.25) is 0 Å². The molecule has 0 amide bonds. The summed E-state index contributed by atoms with van der Waals surface area (Å²) in [4.78, 5) is 0. The van der Waals surface area contributed by atoms with Crippen molar-refractivity contribution in [2.45, 2.75) is 13.8 Å². The summed E-state index contributed by atoms with van der Waals surface area (Å²) in [6.45, 7) is 3.33. The van der Waals surface area contributed by atoms with Crippen molar-refractivity contribution in [2.75, 3.05) is 5.32 Å². The van der Waals surface area contributed by atoms with Crippen LogP contribution in [0, 0.1) is 42.6 Å². The van der Waals surface area contributed by atoms with Crippen molar-refractivity contribution >= 4 is 11.5 Å². The smallest absolute Gasteiger partial charge is 0.171 e. The molecule has 1 aromatic carbocycles. The summed E-state index contributed by atoms with van der Waals surface area (Å²) in [6.07, 6.45) is 0. The maximum Gasteiger partial charge on any atom is 0.171 e. The van der Waals surface area contributed by atoms with E-state index < -0.39 is 17.5 Å². The highest BCUT2D eigenvalue weighted by Crippen LogP contribution is 2.25. The second kappa shape index (κ2) is 5.17. The first-order valence-electron chi connectivity index (χ1n) is 5.59. The average Bonchev–Trinajstić information content (AvgIpc) is 2.40. The molecule has 0 spiro atoms. The number of aromatic nitrogens is 2. The molecule has 0 unspecified atom stereocenters. The van der Waals surface area contributed by atoms with Crippen LogP contribution in [0.5, 0.6) is 0 Å². The lowest BCUT2D eigenvalue weighted by atomic mass is 10.1. The predicted molar refractivity (Wildman–Crippen MR) is 65.8 cm³/mol. The quantitative estimate of drug-likeness (QED) is 0.857. The van der Waals surface area contributed by atoms with E-state index in [9.17, 15) is 13.2 Å². The molecule has 2 rings (SSSR count). The van der Waals surface area contributed by atoms with Crippen LogP contribution in [-0.4, -0.2) is 10.2 Å². The molecule has 2 aromatic rings. The number of hydrogen-bond donors (Lipinski definition) is 1. The van der Waals surface area contributed by atoms with Crippen molar-refractivity contribution < 1.29 is 13.2 Å². The maximum atomic E-state index is 13.5. The zero-order valence-corrected chi connectivity index (χ0v) is 10.6. The fourth-order valence-corrected chi connectivity index (χ4v) is 1.58. The Bertz CT molecular complexity index is 723. The van der Waals surface area contributed by atoms with Crippen LogP contribution in [0.1, 0.15) is 16.8 Å². The molecular weight excluding hydrogens is 269 g/mol. The molecule has 0 atom stereocenters. The van der Waals surface area contributed by atoms with Crippen LogP contribution < -0.4 is 5.32 Å². The van der Waals surface area contributed by atoms with Gasteiger partial charge in [-0.15, -0.1) is 5.10 Å². The number of benzene rings is 1. The molecule has 0 fully saturated rings. The molecule has 7 heteroatoms. The summed E-state index contributed by atoms with van der Waals surface area (Å²) in [5, 5.41) is 19.1. The zero-order valence-electron chi connectivity index (χ0n) is 10.6. The van der Waals surface area contributed by atoms with Crippen LogP contribution >= 0.6 is 0 Å². The van der Waals surface area contributed by atoms with Gasteiger partial charge in [-0.05, 0) is 19.4 Å². The van der Waals surface area contributed by atoms with Gasteiger partial charge in [-0.1, -0.05) is 0 Å². The SMILES string of the molecule is Cc1nnc(Nc2cc(F)c(F)cc2F)c(C#N)c1C. The van der Waals surface area contributed by atoms with Gasteiger partial charge in [-0.3, -0.25) is 0 Å². The van der Waals surface area contributed by atoms with Crippen molar-refractivity contribution in [3.63, 3.8) is 0 Å². The third kappa shape index (κ3) is 2.40. The topological polar surface area (TPSA) is 61.6 Å². The number of nitriles is 1. The van der Waals surface area contributed by atoms with Gasteiger partial charge in [-0.2, -0.15) is 10.4 Å². The molecule has 4 nitrogen and oxygen atoms in total. The van der Waals surface area contributed by atoms with E-state index in [-0.39, 0.29) is 17.1 Å². The second-order valence-electron chi connectivity index (χ2n) is 4.12. The van der Waals surface area contributed by atoms with E-state index in [4.69, 9.17) is 5.26 Å². The third-order valence-electron chi connectivity index (χ3n) is 2.83. The van der Waals surface area contributed by atoms with E-state index >= 15 is 0 Å². The fourth-order valence-electron chi connectivity index (χ4n) is 1.58. The minimum absolute atomic E-state index is 0.0134. The van der Waals surface area contributed by atoms with Crippen LogP contribution in [0.15, 0.2) is 12.1 Å². The van der Waals surface area contributed by atoms with Gasteiger partial charge in [-0.25, -0.2) is 13.2 Å². The molecule has 0 radical (unpaired) electrons. The van der Waals surface area contributed by atoms with Crippen LogP contribution in [0.25, 0.3) is 0 Å². The first-order valence-corrected chi connectivity index (χ1v) is 5.59. The Morgan fingerprint density at radius 1 is 1.05 bits per heavy atom. The van der Waals surface area contributed by atoms with E-state index in [0.29, 0.717) is 23.4 Å². The van der Waals surface area contributed by atoms with Crippen LogP contribution in [0.4, 0.5) is 24.7 Å². The van der Waals surface area contributed by atoms with Gasteiger partial charge in [0.15, 0.2) is 17.5 Å². The van der Waals surface area contributed by atoms with Crippen molar-refractivity contribution in [3.8, 4) is 6.07 Å². The zero-order chi connectivity index (χ0) is 14.9. The van der Waals surface area contributed by atoms with E-state index in [1.54, 1.807) is 13.8 Å². The lowest BCUT2D eigenvalue weighted by Gasteiger charge is -2.10. The number of hydrogen-bond acceptors (Lipinski definition) is 4. The first-order chi connectivity index (χ1) is 9.43. The fraction of sp³-hybridized carbons (Fsp3) is 0.154. The van der Waals surface area contributed by atoms with Gasteiger partial charge in [0, 0.05) is 12.1 Å². The van der Waals surface area contributed by atoms with Crippen molar-refractivity contribution in [1.82, 2.24) is 10.2 Å². The van der Waals surface area contributed by atoms with Crippen LogP contribution in [-0.2, 0) is 0 Å². The number of nitrogens with zero attached hydrogens (tertiary/aromatic N) is 3. The van der Waals surface area contributed by atoms with Gasteiger partial charge in [0.05, 0.1) is 11.4 Å². The molecule has 1 aromatic heterocycles. The Hall–Kier alpha value is -2.62. The highest BCUT2D eigenvalue weighted by molar-refractivity contribution is 5.64. The van der Waals surface area contributed by atoms with Crippen LogP contribution in [0.3, 0.4) is 0 Å². The Labute approximate surface area is 112 Å². The number of anilines is 2. The average molecular weight is 278 g/mol. The lowest BCUT2D eigenvalue weighted by molar-refractivity contribution is 0.496. The van der Waals surface area contributed by atoms with Crippen molar-refractivity contribution in [2.24, 2.45) is 0 Å². The predicted octanol–water partition coefficient (Wildman–Crippen LogP) is 3.13. The van der Waals surface area contributed by atoms with Gasteiger partial charge in [0.25, 0.3) is 0 Å². The van der Waals surface area contributed by atoms with Gasteiger partial charge in [0.1, 0.15) is 17.4 Å². The number of halogens is 3. The largest absolute Gasteiger partial charge is 0.335 e. The Balaban J connectivity index is 2.49. The Kier molecular flexibility index (Phi) is 3.57. The van der Waals surface area contributed by atoms with E-state index in [0.717, 1.165) is 0 Å². The van der Waals surface area contributed by atoms with Gasteiger partial charge < -0.3 is 5.32 Å². The number of rotatable bonds is 2. The summed E-state index contributed by atoms with van der Waals surface area (Å²) in [6, 6.07) is 2.99.